The monoisotopic (exact) mass is 388 g/mol. The summed E-state index contributed by atoms with van der Waals surface area (Å²) in [5.41, 5.74) is 2.77. The third-order valence-electron chi connectivity index (χ3n) is 4.83. The SMILES string of the molecule is Cc1cccc(CS(=O)(=O)NCc2ccc(OC3CCN(C)CC3)cc2)c1. The van der Waals surface area contributed by atoms with E-state index in [9.17, 15) is 8.42 Å². The first-order chi connectivity index (χ1) is 12.9. The number of rotatable bonds is 7. The summed E-state index contributed by atoms with van der Waals surface area (Å²) in [7, 11) is -1.24. The molecule has 27 heavy (non-hydrogen) atoms. The van der Waals surface area contributed by atoms with Gasteiger partial charge < -0.3 is 9.64 Å². The molecular formula is C21H28N2O3S. The first kappa shape index (κ1) is 19.9. The highest BCUT2D eigenvalue weighted by Crippen LogP contribution is 2.19. The van der Waals surface area contributed by atoms with Crippen LogP contribution in [0.2, 0.25) is 0 Å². The summed E-state index contributed by atoms with van der Waals surface area (Å²) in [6.45, 7) is 4.36. The van der Waals surface area contributed by atoms with Crippen LogP contribution < -0.4 is 9.46 Å². The summed E-state index contributed by atoms with van der Waals surface area (Å²) in [4.78, 5) is 2.31. The molecule has 0 radical (unpaired) electrons. The van der Waals surface area contributed by atoms with Crippen molar-refractivity contribution in [3.8, 4) is 5.75 Å². The summed E-state index contributed by atoms with van der Waals surface area (Å²) >= 11 is 0. The van der Waals surface area contributed by atoms with E-state index in [0.717, 1.165) is 48.4 Å². The van der Waals surface area contributed by atoms with E-state index in [4.69, 9.17) is 4.74 Å². The van der Waals surface area contributed by atoms with Gasteiger partial charge in [-0.2, -0.15) is 0 Å². The molecule has 146 valence electrons. The molecule has 0 atom stereocenters. The molecule has 1 aliphatic rings. The van der Waals surface area contributed by atoms with Gasteiger partial charge in [-0.25, -0.2) is 13.1 Å². The van der Waals surface area contributed by atoms with Crippen molar-refractivity contribution in [1.29, 1.82) is 0 Å². The van der Waals surface area contributed by atoms with E-state index < -0.39 is 10.0 Å². The van der Waals surface area contributed by atoms with Crippen LogP contribution in [0.15, 0.2) is 48.5 Å². The summed E-state index contributed by atoms with van der Waals surface area (Å²) < 4.78 is 33.3. The summed E-state index contributed by atoms with van der Waals surface area (Å²) in [6, 6.07) is 15.2. The molecule has 1 N–H and O–H groups in total. The molecular weight excluding hydrogens is 360 g/mol. The molecule has 1 fully saturated rings. The number of piperidine rings is 1. The first-order valence-electron chi connectivity index (χ1n) is 9.37. The van der Waals surface area contributed by atoms with Crippen LogP contribution >= 0.6 is 0 Å². The maximum Gasteiger partial charge on any atom is 0.216 e. The highest BCUT2D eigenvalue weighted by Gasteiger charge is 2.18. The first-order valence-corrected chi connectivity index (χ1v) is 11.0. The van der Waals surface area contributed by atoms with Gasteiger partial charge in [0.05, 0.1) is 5.75 Å². The highest BCUT2D eigenvalue weighted by atomic mass is 32.2. The van der Waals surface area contributed by atoms with E-state index in [-0.39, 0.29) is 18.4 Å². The van der Waals surface area contributed by atoms with Crippen molar-refractivity contribution in [1.82, 2.24) is 9.62 Å². The van der Waals surface area contributed by atoms with Crippen molar-refractivity contribution in [2.75, 3.05) is 20.1 Å². The number of nitrogens with zero attached hydrogens (tertiary/aromatic N) is 1. The average Bonchev–Trinajstić information content (AvgIpc) is 2.63. The minimum atomic E-state index is -3.37. The van der Waals surface area contributed by atoms with Crippen LogP contribution in [-0.4, -0.2) is 39.6 Å². The molecule has 0 spiro atoms. The van der Waals surface area contributed by atoms with Gasteiger partial charge in [0.15, 0.2) is 0 Å². The number of ether oxygens (including phenoxy) is 1. The lowest BCUT2D eigenvalue weighted by Gasteiger charge is -2.29. The Labute approximate surface area is 162 Å². The second kappa shape index (κ2) is 8.87. The van der Waals surface area contributed by atoms with Crippen molar-refractivity contribution in [3.05, 3.63) is 65.2 Å². The Morgan fingerprint density at radius 3 is 2.44 bits per heavy atom. The van der Waals surface area contributed by atoms with E-state index in [1.807, 2.05) is 55.5 Å². The standard InChI is InChI=1S/C21H28N2O3S/c1-17-4-3-5-19(14-17)16-27(24,25)22-15-18-6-8-20(9-7-18)26-21-10-12-23(2)13-11-21/h3-9,14,21-22H,10-13,15-16H2,1-2H3. The lowest BCUT2D eigenvalue weighted by atomic mass is 10.1. The van der Waals surface area contributed by atoms with Crippen LogP contribution in [0.4, 0.5) is 0 Å². The Morgan fingerprint density at radius 1 is 1.07 bits per heavy atom. The fourth-order valence-electron chi connectivity index (χ4n) is 3.25. The van der Waals surface area contributed by atoms with Crippen molar-refractivity contribution >= 4 is 10.0 Å². The molecule has 2 aromatic rings. The van der Waals surface area contributed by atoms with Crippen molar-refractivity contribution in [2.45, 2.75) is 38.2 Å². The molecule has 1 heterocycles. The molecule has 0 aliphatic carbocycles. The highest BCUT2D eigenvalue weighted by molar-refractivity contribution is 7.88. The van der Waals surface area contributed by atoms with Gasteiger partial charge in [0.2, 0.25) is 10.0 Å². The van der Waals surface area contributed by atoms with E-state index in [2.05, 4.69) is 16.7 Å². The van der Waals surface area contributed by atoms with Gasteiger partial charge in [-0.15, -0.1) is 0 Å². The largest absolute Gasteiger partial charge is 0.490 e. The predicted octanol–water partition coefficient (Wildman–Crippen LogP) is 3.09. The Balaban J connectivity index is 1.50. The number of sulfonamides is 1. The normalized spacial score (nSPS) is 16.4. The van der Waals surface area contributed by atoms with E-state index in [1.165, 1.54) is 0 Å². The Morgan fingerprint density at radius 2 is 1.78 bits per heavy atom. The minimum Gasteiger partial charge on any atom is -0.490 e. The minimum absolute atomic E-state index is 0.00794. The molecule has 1 saturated heterocycles. The van der Waals surface area contributed by atoms with Crippen molar-refractivity contribution in [3.63, 3.8) is 0 Å². The van der Waals surface area contributed by atoms with Gasteiger partial charge >= 0.3 is 0 Å². The van der Waals surface area contributed by atoms with E-state index in [1.54, 1.807) is 0 Å². The number of nitrogens with one attached hydrogen (secondary N) is 1. The molecule has 0 unspecified atom stereocenters. The molecule has 0 aromatic heterocycles. The number of hydrogen-bond donors (Lipinski definition) is 1. The molecule has 3 rings (SSSR count). The average molecular weight is 389 g/mol. The maximum atomic E-state index is 12.3. The second-order valence-corrected chi connectivity index (χ2v) is 9.14. The van der Waals surface area contributed by atoms with Crippen LogP contribution in [-0.2, 0) is 22.3 Å². The van der Waals surface area contributed by atoms with Gasteiger partial charge in [0, 0.05) is 19.6 Å². The summed E-state index contributed by atoms with van der Waals surface area (Å²) in [5.74, 6) is 0.836. The third-order valence-corrected chi connectivity index (χ3v) is 6.12. The Hall–Kier alpha value is -1.89. The number of aryl methyl sites for hydroxylation is 1. The fraction of sp³-hybridized carbons (Fsp3) is 0.429. The quantitative estimate of drug-likeness (QED) is 0.792. The molecule has 5 nitrogen and oxygen atoms in total. The van der Waals surface area contributed by atoms with Crippen molar-refractivity contribution in [2.24, 2.45) is 0 Å². The second-order valence-electron chi connectivity index (χ2n) is 7.33. The zero-order valence-electron chi connectivity index (χ0n) is 16.0. The summed E-state index contributed by atoms with van der Waals surface area (Å²) in [5, 5.41) is 0. The van der Waals surface area contributed by atoms with Gasteiger partial charge in [0.1, 0.15) is 11.9 Å². The van der Waals surface area contributed by atoms with Crippen LogP contribution in [0.1, 0.15) is 29.5 Å². The van der Waals surface area contributed by atoms with Crippen LogP contribution in [0, 0.1) is 6.92 Å². The van der Waals surface area contributed by atoms with Gasteiger partial charge in [0.25, 0.3) is 0 Å². The Kier molecular flexibility index (Phi) is 6.52. The van der Waals surface area contributed by atoms with Crippen molar-refractivity contribution < 1.29 is 13.2 Å². The van der Waals surface area contributed by atoms with Gasteiger partial charge in [-0.05, 0) is 50.1 Å². The number of likely N-dealkylation sites (tertiary alicyclic amines) is 1. The smallest absolute Gasteiger partial charge is 0.216 e. The fourth-order valence-corrected chi connectivity index (χ4v) is 4.35. The zero-order chi connectivity index (χ0) is 19.3. The van der Waals surface area contributed by atoms with Gasteiger partial charge in [-0.1, -0.05) is 42.0 Å². The Bertz CT molecular complexity index is 842. The molecule has 0 amide bonds. The number of hydrogen-bond acceptors (Lipinski definition) is 4. The van der Waals surface area contributed by atoms with E-state index in [0.29, 0.717) is 0 Å². The zero-order valence-corrected chi connectivity index (χ0v) is 16.8. The number of benzene rings is 2. The molecule has 0 saturated carbocycles. The summed E-state index contributed by atoms with van der Waals surface area (Å²) in [6.07, 6.45) is 2.34. The molecule has 6 heteroatoms. The predicted molar refractivity (Wildman–Crippen MR) is 108 cm³/mol. The van der Waals surface area contributed by atoms with Crippen LogP contribution in [0.25, 0.3) is 0 Å². The topological polar surface area (TPSA) is 58.6 Å². The van der Waals surface area contributed by atoms with Crippen LogP contribution in [0.3, 0.4) is 0 Å². The van der Waals surface area contributed by atoms with E-state index >= 15 is 0 Å². The lowest BCUT2D eigenvalue weighted by Crippen LogP contribution is -2.35. The molecule has 2 aromatic carbocycles. The van der Waals surface area contributed by atoms with Gasteiger partial charge in [-0.3, -0.25) is 0 Å². The molecule has 0 bridgehead atoms. The van der Waals surface area contributed by atoms with Crippen LogP contribution in [0.5, 0.6) is 5.75 Å². The third kappa shape index (κ3) is 6.34. The lowest BCUT2D eigenvalue weighted by molar-refractivity contribution is 0.114. The maximum absolute atomic E-state index is 12.3. The molecule has 1 aliphatic heterocycles.